The third-order valence-electron chi connectivity index (χ3n) is 2.04. The maximum absolute atomic E-state index is 12.9. The van der Waals surface area contributed by atoms with Crippen LogP contribution in [-0.4, -0.2) is 19.5 Å². The number of hydrogen-bond donors (Lipinski definition) is 0. The monoisotopic (exact) mass is 226 g/mol. The van der Waals surface area contributed by atoms with E-state index >= 15 is 0 Å². The molecule has 4 heteroatoms. The van der Waals surface area contributed by atoms with E-state index in [1.165, 1.54) is 26.2 Å². The maximum atomic E-state index is 12.9. The van der Waals surface area contributed by atoms with Gasteiger partial charge in [0, 0.05) is 12.7 Å². The van der Waals surface area contributed by atoms with E-state index in [9.17, 15) is 13.6 Å². The summed E-state index contributed by atoms with van der Waals surface area (Å²) >= 11 is 0. The second kappa shape index (κ2) is 5.51. The number of hydrogen-bond acceptors (Lipinski definition) is 2. The molecule has 0 unspecified atom stereocenters. The van der Waals surface area contributed by atoms with Crippen LogP contribution in [-0.2, 0) is 9.53 Å². The average molecular weight is 226 g/mol. The Labute approximate surface area is 92.5 Å². The molecule has 0 amide bonds. The molecule has 0 aliphatic rings. The van der Waals surface area contributed by atoms with Gasteiger partial charge in [-0.2, -0.15) is 0 Å². The fourth-order valence-electron chi connectivity index (χ4n) is 1.20. The van der Waals surface area contributed by atoms with Crippen molar-refractivity contribution in [3.63, 3.8) is 0 Å². The zero-order valence-corrected chi connectivity index (χ0v) is 9.09. The van der Waals surface area contributed by atoms with Crippen molar-refractivity contribution in [3.8, 4) is 0 Å². The molecule has 0 radical (unpaired) electrons. The second-order valence-electron chi connectivity index (χ2n) is 3.33. The largest absolute Gasteiger partial charge is 0.380 e. The molecule has 2 nitrogen and oxygen atoms in total. The van der Waals surface area contributed by atoms with E-state index in [1.54, 1.807) is 0 Å². The molecule has 1 rings (SSSR count). The minimum atomic E-state index is -0.936. The van der Waals surface area contributed by atoms with Gasteiger partial charge in [-0.25, -0.2) is 8.78 Å². The molecular formula is C12H12F2O2. The maximum Gasteiger partial charge on any atom is 0.159 e. The highest BCUT2D eigenvalue weighted by Gasteiger charge is 2.05. The topological polar surface area (TPSA) is 26.3 Å². The molecule has 0 aliphatic heterocycles. The van der Waals surface area contributed by atoms with Gasteiger partial charge < -0.3 is 4.74 Å². The number of ketones is 1. The van der Waals surface area contributed by atoms with Crippen molar-refractivity contribution < 1.29 is 18.3 Å². The Balaban J connectivity index is 3.03. The van der Waals surface area contributed by atoms with Crippen LogP contribution in [0.3, 0.4) is 0 Å². The number of rotatable bonds is 4. The Hall–Kier alpha value is -1.55. The van der Waals surface area contributed by atoms with Gasteiger partial charge in [0.05, 0.1) is 6.61 Å². The minimum absolute atomic E-state index is 0.147. The highest BCUT2D eigenvalue weighted by molar-refractivity contribution is 5.98. The van der Waals surface area contributed by atoms with E-state index in [4.69, 9.17) is 4.74 Å². The number of halogens is 2. The zero-order valence-electron chi connectivity index (χ0n) is 9.09. The van der Waals surface area contributed by atoms with Crippen LogP contribution in [0, 0.1) is 11.6 Å². The minimum Gasteiger partial charge on any atom is -0.380 e. The molecule has 0 bridgehead atoms. The predicted molar refractivity (Wildman–Crippen MR) is 56.9 cm³/mol. The molecule has 0 saturated heterocycles. The van der Waals surface area contributed by atoms with Crippen LogP contribution in [0.5, 0.6) is 0 Å². The molecule has 0 heterocycles. The molecule has 86 valence electrons. The third kappa shape index (κ3) is 3.24. The lowest BCUT2D eigenvalue weighted by molar-refractivity contribution is -0.114. The highest BCUT2D eigenvalue weighted by atomic mass is 19.2. The first-order chi connectivity index (χ1) is 7.54. The first-order valence-corrected chi connectivity index (χ1v) is 4.70. The normalized spacial score (nSPS) is 11.6. The average Bonchev–Trinajstić information content (AvgIpc) is 2.22. The van der Waals surface area contributed by atoms with Crippen LogP contribution >= 0.6 is 0 Å². The summed E-state index contributed by atoms with van der Waals surface area (Å²) in [6, 6.07) is 3.46. The molecule has 0 N–H and O–H groups in total. The number of ether oxygens (including phenoxy) is 1. The molecule has 0 fully saturated rings. The lowest BCUT2D eigenvalue weighted by atomic mass is 10.1. The van der Waals surface area contributed by atoms with Crippen molar-refractivity contribution in [2.75, 3.05) is 13.7 Å². The van der Waals surface area contributed by atoms with Crippen LogP contribution in [0.25, 0.3) is 6.08 Å². The number of methoxy groups -OCH3 is 1. The standard InChI is InChI=1S/C12H12F2O2/c1-8(15)10(7-16-2)5-9-3-4-11(13)12(14)6-9/h3-6H,7H2,1-2H3. The Kier molecular flexibility index (Phi) is 4.31. The molecule has 0 atom stereocenters. The highest BCUT2D eigenvalue weighted by Crippen LogP contribution is 2.12. The van der Waals surface area contributed by atoms with Crippen LogP contribution in [0.2, 0.25) is 0 Å². The van der Waals surface area contributed by atoms with Crippen LogP contribution < -0.4 is 0 Å². The Morgan fingerprint density at radius 1 is 1.38 bits per heavy atom. The molecule has 0 aliphatic carbocycles. The third-order valence-corrected chi connectivity index (χ3v) is 2.04. The zero-order chi connectivity index (χ0) is 12.1. The number of carbonyl (C=O) groups excluding carboxylic acids is 1. The molecule has 1 aromatic carbocycles. The fourth-order valence-corrected chi connectivity index (χ4v) is 1.20. The van der Waals surface area contributed by atoms with E-state index in [0.717, 1.165) is 12.1 Å². The van der Waals surface area contributed by atoms with Crippen molar-refractivity contribution in [1.29, 1.82) is 0 Å². The Morgan fingerprint density at radius 2 is 2.06 bits per heavy atom. The quantitative estimate of drug-likeness (QED) is 0.737. The summed E-state index contributed by atoms with van der Waals surface area (Å²) in [6.07, 6.45) is 1.48. The van der Waals surface area contributed by atoms with Gasteiger partial charge in [-0.15, -0.1) is 0 Å². The first-order valence-electron chi connectivity index (χ1n) is 4.70. The van der Waals surface area contributed by atoms with Gasteiger partial charge in [0.2, 0.25) is 0 Å². The summed E-state index contributed by atoms with van der Waals surface area (Å²) in [5.74, 6) is -2.01. The molecular weight excluding hydrogens is 214 g/mol. The second-order valence-corrected chi connectivity index (χ2v) is 3.33. The van der Waals surface area contributed by atoms with Crippen LogP contribution in [0.1, 0.15) is 12.5 Å². The summed E-state index contributed by atoms with van der Waals surface area (Å²) in [4.78, 5) is 11.2. The van der Waals surface area contributed by atoms with Gasteiger partial charge >= 0.3 is 0 Å². The molecule has 0 aromatic heterocycles. The van der Waals surface area contributed by atoms with E-state index < -0.39 is 11.6 Å². The van der Waals surface area contributed by atoms with Crippen molar-refractivity contribution in [3.05, 3.63) is 41.0 Å². The van der Waals surface area contributed by atoms with Gasteiger partial charge in [0.25, 0.3) is 0 Å². The summed E-state index contributed by atoms with van der Waals surface area (Å²) in [5, 5.41) is 0. The summed E-state index contributed by atoms with van der Waals surface area (Å²) < 4.78 is 30.4. The molecule has 1 aromatic rings. The first kappa shape index (κ1) is 12.5. The van der Waals surface area contributed by atoms with Gasteiger partial charge in [0.1, 0.15) is 0 Å². The van der Waals surface area contributed by atoms with Gasteiger partial charge in [-0.3, -0.25) is 4.79 Å². The van der Waals surface area contributed by atoms with E-state index in [0.29, 0.717) is 11.1 Å². The van der Waals surface area contributed by atoms with E-state index in [-0.39, 0.29) is 12.4 Å². The van der Waals surface area contributed by atoms with Crippen molar-refractivity contribution in [2.24, 2.45) is 0 Å². The number of Topliss-reactive ketones (excluding diaryl/α,β-unsaturated/α-hetero) is 1. The van der Waals surface area contributed by atoms with Crippen molar-refractivity contribution in [1.82, 2.24) is 0 Å². The Bertz CT molecular complexity index is 425. The Morgan fingerprint density at radius 3 is 2.56 bits per heavy atom. The summed E-state index contributed by atoms with van der Waals surface area (Å²) in [6.45, 7) is 1.54. The van der Waals surface area contributed by atoms with Crippen molar-refractivity contribution >= 4 is 11.9 Å². The number of carbonyl (C=O) groups is 1. The SMILES string of the molecule is COCC(=Cc1ccc(F)c(F)c1)C(C)=O. The van der Waals surface area contributed by atoms with Gasteiger partial charge in [-0.05, 0) is 30.7 Å². The summed E-state index contributed by atoms with van der Waals surface area (Å²) in [5.41, 5.74) is 0.842. The molecule has 16 heavy (non-hydrogen) atoms. The van der Waals surface area contributed by atoms with E-state index in [2.05, 4.69) is 0 Å². The lowest BCUT2D eigenvalue weighted by Crippen LogP contribution is -2.03. The van der Waals surface area contributed by atoms with Gasteiger partial charge in [-0.1, -0.05) is 6.07 Å². The smallest absolute Gasteiger partial charge is 0.159 e. The molecule has 0 spiro atoms. The van der Waals surface area contributed by atoms with E-state index in [1.807, 2.05) is 0 Å². The predicted octanol–water partition coefficient (Wildman–Crippen LogP) is 2.58. The fraction of sp³-hybridized carbons (Fsp3) is 0.250. The van der Waals surface area contributed by atoms with Crippen LogP contribution in [0.4, 0.5) is 8.78 Å². The molecule has 0 saturated carbocycles. The lowest BCUT2D eigenvalue weighted by Gasteiger charge is -2.02. The van der Waals surface area contributed by atoms with Gasteiger partial charge in [0.15, 0.2) is 17.4 Å². The summed E-state index contributed by atoms with van der Waals surface area (Å²) in [7, 11) is 1.46. The van der Waals surface area contributed by atoms with Crippen molar-refractivity contribution in [2.45, 2.75) is 6.92 Å². The number of benzene rings is 1. The van der Waals surface area contributed by atoms with Crippen LogP contribution in [0.15, 0.2) is 23.8 Å².